The summed E-state index contributed by atoms with van der Waals surface area (Å²) in [6.07, 6.45) is 0. The van der Waals surface area contributed by atoms with Gasteiger partial charge in [0.15, 0.2) is 0 Å². The Morgan fingerprint density at radius 1 is 0.917 bits per heavy atom. The minimum absolute atomic E-state index is 0.0706. The van der Waals surface area contributed by atoms with Crippen molar-refractivity contribution in [2.24, 2.45) is 5.14 Å². The van der Waals surface area contributed by atoms with Crippen molar-refractivity contribution < 1.29 is 17.4 Å². The Balaban J connectivity index is 1.76. The van der Waals surface area contributed by atoms with Crippen molar-refractivity contribution in [3.8, 4) is 5.75 Å². The van der Waals surface area contributed by atoms with Gasteiger partial charge in [-0.1, -0.05) is 30.3 Å². The molecule has 0 atom stereocenters. The third kappa shape index (κ3) is 3.89. The molecule has 3 aromatic carbocycles. The molecular weight excluding hydrogens is 328 g/mol. The molecule has 1 amide bonds. The van der Waals surface area contributed by atoms with Crippen molar-refractivity contribution in [1.82, 2.24) is 0 Å². The highest BCUT2D eigenvalue weighted by atomic mass is 32.2. The van der Waals surface area contributed by atoms with Crippen molar-refractivity contribution in [3.63, 3.8) is 0 Å². The van der Waals surface area contributed by atoms with Gasteiger partial charge in [-0.05, 0) is 47.2 Å². The van der Waals surface area contributed by atoms with Gasteiger partial charge in [0, 0.05) is 11.3 Å². The number of carbonyl (C=O) groups is 1. The summed E-state index contributed by atoms with van der Waals surface area (Å²) in [5.74, 6) is -0.193. The number of hydrogen-bond acceptors (Lipinski definition) is 4. The van der Waals surface area contributed by atoms with Crippen molar-refractivity contribution in [1.29, 1.82) is 0 Å². The van der Waals surface area contributed by atoms with E-state index in [0.29, 0.717) is 11.3 Å². The van der Waals surface area contributed by atoms with E-state index < -0.39 is 10.3 Å². The molecule has 0 saturated heterocycles. The quantitative estimate of drug-likeness (QED) is 0.761. The molecule has 0 saturated carbocycles. The molecule has 0 radical (unpaired) electrons. The number of fused-ring (bicyclic) bond motifs is 1. The van der Waals surface area contributed by atoms with Gasteiger partial charge in [-0.25, -0.2) is 0 Å². The molecule has 3 aromatic rings. The first-order chi connectivity index (χ1) is 11.4. The Labute approximate surface area is 139 Å². The number of nitrogens with two attached hydrogens (primary N) is 1. The van der Waals surface area contributed by atoms with Crippen LogP contribution in [0.5, 0.6) is 5.75 Å². The fourth-order valence-corrected chi connectivity index (χ4v) is 2.64. The van der Waals surface area contributed by atoms with Gasteiger partial charge in [-0.2, -0.15) is 13.6 Å². The van der Waals surface area contributed by atoms with Crippen LogP contribution < -0.4 is 14.6 Å². The van der Waals surface area contributed by atoms with Gasteiger partial charge in [0.1, 0.15) is 5.75 Å². The Bertz CT molecular complexity index is 999. The first-order valence-corrected chi connectivity index (χ1v) is 8.50. The fraction of sp³-hybridized carbons (Fsp3) is 0. The number of hydrogen-bond donors (Lipinski definition) is 2. The zero-order valence-electron chi connectivity index (χ0n) is 12.5. The first-order valence-electron chi connectivity index (χ1n) is 7.03. The Kier molecular flexibility index (Phi) is 4.20. The van der Waals surface area contributed by atoms with Crippen LogP contribution in [0.4, 0.5) is 5.69 Å². The molecule has 3 N–H and O–H groups in total. The van der Waals surface area contributed by atoms with E-state index in [1.165, 1.54) is 24.3 Å². The average molecular weight is 342 g/mol. The van der Waals surface area contributed by atoms with E-state index in [-0.39, 0.29) is 11.7 Å². The lowest BCUT2D eigenvalue weighted by atomic mass is 10.1. The minimum atomic E-state index is -4.06. The number of benzene rings is 3. The lowest BCUT2D eigenvalue weighted by Gasteiger charge is -2.07. The van der Waals surface area contributed by atoms with Crippen LogP contribution >= 0.6 is 0 Å². The van der Waals surface area contributed by atoms with Gasteiger partial charge in [0.25, 0.3) is 5.91 Å². The lowest BCUT2D eigenvalue weighted by Crippen LogP contribution is -2.19. The average Bonchev–Trinajstić information content (AvgIpc) is 2.55. The zero-order valence-corrected chi connectivity index (χ0v) is 13.3. The predicted octanol–water partition coefficient (Wildman–Crippen LogP) is 2.67. The maximum absolute atomic E-state index is 12.3. The Hall–Kier alpha value is -2.90. The van der Waals surface area contributed by atoms with Crippen LogP contribution in [0.1, 0.15) is 10.4 Å². The third-order valence-electron chi connectivity index (χ3n) is 3.34. The highest BCUT2D eigenvalue weighted by Gasteiger charge is 2.08. The molecule has 0 aliphatic heterocycles. The van der Waals surface area contributed by atoms with Crippen LogP contribution in [0.3, 0.4) is 0 Å². The highest BCUT2D eigenvalue weighted by molar-refractivity contribution is 7.84. The van der Waals surface area contributed by atoms with E-state index in [2.05, 4.69) is 9.50 Å². The standard InChI is InChI=1S/C17H14N2O4S/c18-24(21,22)23-16-9-7-15(8-10-16)19-17(20)14-6-5-12-3-1-2-4-13(12)11-14/h1-11H,(H,19,20)(H2,18,21,22). The number of rotatable bonds is 4. The molecule has 0 spiro atoms. The van der Waals surface area contributed by atoms with Crippen LogP contribution in [-0.2, 0) is 10.3 Å². The van der Waals surface area contributed by atoms with E-state index in [0.717, 1.165) is 10.8 Å². The lowest BCUT2D eigenvalue weighted by molar-refractivity contribution is 0.102. The zero-order chi connectivity index (χ0) is 17.2. The SMILES string of the molecule is NS(=O)(=O)Oc1ccc(NC(=O)c2ccc3ccccc3c2)cc1. The van der Waals surface area contributed by atoms with Crippen molar-refractivity contribution in [2.75, 3.05) is 5.32 Å². The van der Waals surface area contributed by atoms with Gasteiger partial charge < -0.3 is 9.50 Å². The molecule has 0 fully saturated rings. The van der Waals surface area contributed by atoms with Crippen LogP contribution in [0.2, 0.25) is 0 Å². The van der Waals surface area contributed by atoms with Gasteiger partial charge in [0.2, 0.25) is 0 Å². The first kappa shape index (κ1) is 16.0. The molecule has 0 aliphatic rings. The monoisotopic (exact) mass is 342 g/mol. The summed E-state index contributed by atoms with van der Waals surface area (Å²) in [5.41, 5.74) is 1.04. The van der Waals surface area contributed by atoms with E-state index in [4.69, 9.17) is 5.14 Å². The van der Waals surface area contributed by atoms with E-state index in [1.54, 1.807) is 6.07 Å². The summed E-state index contributed by atoms with van der Waals surface area (Å²) >= 11 is 0. The largest absolute Gasteiger partial charge is 0.380 e. The third-order valence-corrected chi connectivity index (χ3v) is 3.76. The second kappa shape index (κ2) is 6.31. The molecule has 24 heavy (non-hydrogen) atoms. The summed E-state index contributed by atoms with van der Waals surface area (Å²) in [7, 11) is -4.06. The molecule has 0 bridgehead atoms. The van der Waals surface area contributed by atoms with Crippen LogP contribution in [0, 0.1) is 0 Å². The summed E-state index contributed by atoms with van der Waals surface area (Å²) in [5, 5.41) is 9.55. The predicted molar refractivity (Wildman–Crippen MR) is 92.1 cm³/mol. The molecule has 0 aliphatic carbocycles. The smallest absolute Gasteiger partial charge is 0.371 e. The summed E-state index contributed by atoms with van der Waals surface area (Å²) in [6.45, 7) is 0. The van der Waals surface area contributed by atoms with E-state index >= 15 is 0 Å². The minimum Gasteiger partial charge on any atom is -0.371 e. The molecule has 0 heterocycles. The summed E-state index contributed by atoms with van der Waals surface area (Å²) in [6, 6.07) is 19.1. The Morgan fingerprint density at radius 2 is 1.58 bits per heavy atom. The molecule has 3 rings (SSSR count). The molecule has 7 heteroatoms. The number of nitrogens with one attached hydrogen (secondary N) is 1. The van der Waals surface area contributed by atoms with Crippen molar-refractivity contribution in [3.05, 3.63) is 72.3 Å². The second-order valence-electron chi connectivity index (χ2n) is 5.12. The van der Waals surface area contributed by atoms with Gasteiger partial charge in [0.05, 0.1) is 0 Å². The van der Waals surface area contributed by atoms with Crippen LogP contribution in [0.15, 0.2) is 66.7 Å². The maximum atomic E-state index is 12.3. The topological polar surface area (TPSA) is 98.5 Å². The van der Waals surface area contributed by atoms with Crippen molar-refractivity contribution in [2.45, 2.75) is 0 Å². The van der Waals surface area contributed by atoms with Gasteiger partial charge in [-0.15, -0.1) is 0 Å². The molecule has 0 unspecified atom stereocenters. The fourth-order valence-electron chi connectivity index (χ4n) is 2.26. The number of carbonyl (C=O) groups excluding carboxylic acids is 1. The van der Waals surface area contributed by atoms with Crippen molar-refractivity contribution >= 4 is 32.7 Å². The van der Waals surface area contributed by atoms with Crippen LogP contribution in [-0.4, -0.2) is 14.3 Å². The molecule has 0 aromatic heterocycles. The second-order valence-corrected chi connectivity index (χ2v) is 6.27. The van der Waals surface area contributed by atoms with E-state index in [1.807, 2.05) is 36.4 Å². The maximum Gasteiger partial charge on any atom is 0.380 e. The normalized spacial score (nSPS) is 11.2. The number of anilines is 1. The number of amides is 1. The molecule has 122 valence electrons. The Morgan fingerprint density at radius 3 is 2.25 bits per heavy atom. The highest BCUT2D eigenvalue weighted by Crippen LogP contribution is 2.19. The summed E-state index contributed by atoms with van der Waals surface area (Å²) in [4.78, 5) is 12.3. The molecular formula is C17H14N2O4S. The molecule has 6 nitrogen and oxygen atoms in total. The van der Waals surface area contributed by atoms with Gasteiger partial charge >= 0.3 is 10.3 Å². The summed E-state index contributed by atoms with van der Waals surface area (Å²) < 4.78 is 26.2. The van der Waals surface area contributed by atoms with Gasteiger partial charge in [-0.3, -0.25) is 4.79 Å². The van der Waals surface area contributed by atoms with E-state index in [9.17, 15) is 13.2 Å². The van der Waals surface area contributed by atoms with Crippen LogP contribution in [0.25, 0.3) is 10.8 Å².